The first-order chi connectivity index (χ1) is 3.79. The normalized spacial score (nSPS) is 27.8. The molecule has 1 rings (SSSR count). The van der Waals surface area contributed by atoms with Gasteiger partial charge in [0.25, 0.3) is 0 Å². The summed E-state index contributed by atoms with van der Waals surface area (Å²) in [6.07, 6.45) is 7.29. The van der Waals surface area contributed by atoms with Crippen LogP contribution in [0.1, 0.15) is 13.3 Å². The van der Waals surface area contributed by atoms with Crippen molar-refractivity contribution in [1.29, 1.82) is 0 Å². The second kappa shape index (κ2) is 2.14. The van der Waals surface area contributed by atoms with Crippen LogP contribution in [0.15, 0.2) is 23.8 Å². The molecule has 0 aliphatic heterocycles. The highest BCUT2D eigenvalue weighted by atomic mass is 14.6. The summed E-state index contributed by atoms with van der Waals surface area (Å²) in [6, 6.07) is 0.264. The molecular formula is C7H11N. The predicted octanol–water partition coefficient (Wildman–Crippen LogP) is 1.22. The summed E-state index contributed by atoms with van der Waals surface area (Å²) >= 11 is 0. The van der Waals surface area contributed by atoms with Crippen molar-refractivity contribution in [2.24, 2.45) is 5.73 Å². The minimum Gasteiger partial charge on any atom is -0.324 e. The van der Waals surface area contributed by atoms with Gasteiger partial charge in [0, 0.05) is 6.04 Å². The highest BCUT2D eigenvalue weighted by Gasteiger charge is 1.98. The number of hydrogen-bond donors (Lipinski definition) is 1. The van der Waals surface area contributed by atoms with Crippen molar-refractivity contribution >= 4 is 0 Å². The van der Waals surface area contributed by atoms with Crippen LogP contribution < -0.4 is 5.73 Å². The van der Waals surface area contributed by atoms with E-state index in [9.17, 15) is 0 Å². The van der Waals surface area contributed by atoms with Crippen LogP contribution in [0.5, 0.6) is 0 Å². The highest BCUT2D eigenvalue weighted by Crippen LogP contribution is 2.06. The van der Waals surface area contributed by atoms with Crippen molar-refractivity contribution in [3.63, 3.8) is 0 Å². The topological polar surface area (TPSA) is 26.0 Å². The quantitative estimate of drug-likeness (QED) is 0.497. The lowest BCUT2D eigenvalue weighted by Crippen LogP contribution is -2.17. The van der Waals surface area contributed by atoms with Gasteiger partial charge in [-0.2, -0.15) is 0 Å². The molecule has 1 aliphatic rings. The van der Waals surface area contributed by atoms with E-state index in [4.69, 9.17) is 5.73 Å². The zero-order valence-corrected chi connectivity index (χ0v) is 5.09. The molecule has 1 aliphatic carbocycles. The Morgan fingerprint density at radius 2 is 2.50 bits per heavy atom. The van der Waals surface area contributed by atoms with Gasteiger partial charge in [0.15, 0.2) is 0 Å². The third kappa shape index (κ3) is 1.20. The molecule has 0 heterocycles. The van der Waals surface area contributed by atoms with Gasteiger partial charge >= 0.3 is 0 Å². The predicted molar refractivity (Wildman–Crippen MR) is 35.5 cm³/mol. The van der Waals surface area contributed by atoms with Crippen molar-refractivity contribution < 1.29 is 0 Å². The number of nitrogens with two attached hydrogens (primary N) is 1. The van der Waals surface area contributed by atoms with E-state index >= 15 is 0 Å². The van der Waals surface area contributed by atoms with Crippen molar-refractivity contribution in [3.8, 4) is 0 Å². The Kier molecular flexibility index (Phi) is 1.49. The SMILES string of the molecule is CC1=C[C@@H](N)CC=C1. The van der Waals surface area contributed by atoms with Crippen LogP contribution in [0.4, 0.5) is 0 Å². The second-order valence-corrected chi connectivity index (χ2v) is 2.21. The molecule has 44 valence electrons. The van der Waals surface area contributed by atoms with E-state index in [-0.39, 0.29) is 6.04 Å². The molecule has 0 fully saturated rings. The van der Waals surface area contributed by atoms with E-state index in [1.54, 1.807) is 0 Å². The third-order valence-electron chi connectivity index (χ3n) is 1.27. The zero-order chi connectivity index (χ0) is 5.98. The summed E-state index contributed by atoms with van der Waals surface area (Å²) in [5.41, 5.74) is 6.88. The molecule has 2 N–H and O–H groups in total. The first-order valence-corrected chi connectivity index (χ1v) is 2.89. The van der Waals surface area contributed by atoms with Gasteiger partial charge < -0.3 is 5.73 Å². The monoisotopic (exact) mass is 109 g/mol. The molecule has 0 spiro atoms. The minimum atomic E-state index is 0.264. The van der Waals surface area contributed by atoms with Gasteiger partial charge in [-0.3, -0.25) is 0 Å². The lowest BCUT2D eigenvalue weighted by Gasteiger charge is -2.07. The fraction of sp³-hybridized carbons (Fsp3) is 0.429. The van der Waals surface area contributed by atoms with Gasteiger partial charge in [-0.15, -0.1) is 0 Å². The first-order valence-electron chi connectivity index (χ1n) is 2.89. The van der Waals surface area contributed by atoms with Crippen LogP contribution in [0.2, 0.25) is 0 Å². The lowest BCUT2D eigenvalue weighted by molar-refractivity contribution is 0.817. The summed E-state index contributed by atoms with van der Waals surface area (Å²) in [6.45, 7) is 2.06. The fourth-order valence-electron chi connectivity index (χ4n) is 0.872. The van der Waals surface area contributed by atoms with Gasteiger partial charge in [0.1, 0.15) is 0 Å². The van der Waals surface area contributed by atoms with E-state index in [2.05, 4.69) is 25.2 Å². The highest BCUT2D eigenvalue weighted by molar-refractivity contribution is 5.22. The van der Waals surface area contributed by atoms with Gasteiger partial charge in [-0.1, -0.05) is 23.8 Å². The maximum Gasteiger partial charge on any atom is 0.0264 e. The molecule has 1 heteroatoms. The molecule has 1 nitrogen and oxygen atoms in total. The van der Waals surface area contributed by atoms with E-state index in [0.29, 0.717) is 0 Å². The molecule has 0 aromatic heterocycles. The smallest absolute Gasteiger partial charge is 0.0264 e. The molecule has 0 saturated heterocycles. The zero-order valence-electron chi connectivity index (χ0n) is 5.09. The Bertz CT molecular complexity index is 133. The van der Waals surface area contributed by atoms with E-state index < -0.39 is 0 Å². The van der Waals surface area contributed by atoms with Crippen molar-refractivity contribution in [2.45, 2.75) is 19.4 Å². The Balaban J connectivity index is 2.63. The third-order valence-corrected chi connectivity index (χ3v) is 1.27. The molecule has 0 amide bonds. The molecular weight excluding hydrogens is 98.1 g/mol. The number of allylic oxidation sites excluding steroid dienone is 2. The Morgan fingerprint density at radius 3 is 2.88 bits per heavy atom. The van der Waals surface area contributed by atoms with Crippen LogP contribution in [0.3, 0.4) is 0 Å². The number of rotatable bonds is 0. The van der Waals surface area contributed by atoms with Gasteiger partial charge in [0.05, 0.1) is 0 Å². The molecule has 0 saturated carbocycles. The molecule has 1 atom stereocenters. The lowest BCUT2D eigenvalue weighted by atomic mass is 10.1. The maximum absolute atomic E-state index is 5.60. The second-order valence-electron chi connectivity index (χ2n) is 2.21. The Hall–Kier alpha value is -0.560. The first kappa shape index (κ1) is 5.57. The molecule has 0 aromatic carbocycles. The standard InChI is InChI=1S/C7H11N/c1-6-3-2-4-7(8)5-6/h2-3,5,7H,4,8H2,1H3/t7-/m0/s1. The minimum absolute atomic E-state index is 0.264. The van der Waals surface area contributed by atoms with E-state index in [0.717, 1.165) is 6.42 Å². The van der Waals surface area contributed by atoms with Crippen LogP contribution in [-0.2, 0) is 0 Å². The summed E-state index contributed by atoms with van der Waals surface area (Å²) in [7, 11) is 0. The molecule has 0 unspecified atom stereocenters. The molecule has 0 radical (unpaired) electrons. The van der Waals surface area contributed by atoms with Crippen LogP contribution in [0.25, 0.3) is 0 Å². The molecule has 8 heavy (non-hydrogen) atoms. The van der Waals surface area contributed by atoms with E-state index in [1.165, 1.54) is 5.57 Å². The maximum atomic E-state index is 5.60. The summed E-state index contributed by atoms with van der Waals surface area (Å²) in [5.74, 6) is 0. The van der Waals surface area contributed by atoms with Crippen molar-refractivity contribution in [1.82, 2.24) is 0 Å². The van der Waals surface area contributed by atoms with Crippen molar-refractivity contribution in [3.05, 3.63) is 23.8 Å². The average Bonchev–Trinajstić information content (AvgIpc) is 1.64. The van der Waals surface area contributed by atoms with E-state index in [1.807, 2.05) is 0 Å². The van der Waals surface area contributed by atoms with Crippen LogP contribution in [-0.4, -0.2) is 6.04 Å². The Labute approximate surface area is 49.9 Å². The fourth-order valence-corrected chi connectivity index (χ4v) is 0.872. The summed E-state index contributed by atoms with van der Waals surface area (Å²) in [5, 5.41) is 0. The van der Waals surface area contributed by atoms with Gasteiger partial charge in [-0.05, 0) is 13.3 Å². The van der Waals surface area contributed by atoms with Crippen molar-refractivity contribution in [2.75, 3.05) is 0 Å². The van der Waals surface area contributed by atoms with Crippen LogP contribution in [0, 0.1) is 0 Å². The Morgan fingerprint density at radius 1 is 1.75 bits per heavy atom. The average molecular weight is 109 g/mol. The molecule has 0 bridgehead atoms. The number of hydrogen-bond acceptors (Lipinski definition) is 1. The summed E-state index contributed by atoms with van der Waals surface area (Å²) in [4.78, 5) is 0. The largest absolute Gasteiger partial charge is 0.324 e. The molecule has 0 aromatic rings. The van der Waals surface area contributed by atoms with Crippen LogP contribution >= 0.6 is 0 Å². The van der Waals surface area contributed by atoms with Gasteiger partial charge in [0.2, 0.25) is 0 Å². The van der Waals surface area contributed by atoms with Gasteiger partial charge in [-0.25, -0.2) is 0 Å². The summed E-state index contributed by atoms with van der Waals surface area (Å²) < 4.78 is 0.